The lowest BCUT2D eigenvalue weighted by Crippen LogP contribution is -2.46. The van der Waals surface area contributed by atoms with Crippen LogP contribution in [-0.2, 0) is 0 Å². The van der Waals surface area contributed by atoms with Gasteiger partial charge in [0.2, 0.25) is 0 Å². The number of aliphatic hydroxyl groups excluding tert-OH is 1. The van der Waals surface area contributed by atoms with Gasteiger partial charge in [0.15, 0.2) is 5.75 Å². The quantitative estimate of drug-likeness (QED) is 0.605. The molecule has 0 bridgehead atoms. The predicted octanol–water partition coefficient (Wildman–Crippen LogP) is 0.542. The average Bonchev–Trinajstić information content (AvgIpc) is 2.49. The van der Waals surface area contributed by atoms with Gasteiger partial charge in [0.25, 0.3) is 0 Å². The summed E-state index contributed by atoms with van der Waals surface area (Å²) >= 11 is 0. The fraction of sp³-hybridized carbons (Fsp3) is 0.538. The van der Waals surface area contributed by atoms with Crippen molar-refractivity contribution in [3.63, 3.8) is 0 Å². The van der Waals surface area contributed by atoms with Crippen LogP contribution >= 0.6 is 0 Å². The Hall–Kier alpha value is -1.70. The monoisotopic (exact) mass is 281 g/mol. The first-order valence-corrected chi connectivity index (χ1v) is 6.55. The second-order valence-corrected chi connectivity index (χ2v) is 4.67. The summed E-state index contributed by atoms with van der Waals surface area (Å²) in [5, 5.41) is 23.9. The van der Waals surface area contributed by atoms with Gasteiger partial charge in [-0.05, 0) is 11.6 Å². The molecule has 0 amide bonds. The van der Waals surface area contributed by atoms with E-state index in [4.69, 9.17) is 4.74 Å². The van der Waals surface area contributed by atoms with Gasteiger partial charge in [0, 0.05) is 32.2 Å². The van der Waals surface area contributed by atoms with Gasteiger partial charge >= 0.3 is 5.69 Å². The first-order chi connectivity index (χ1) is 9.67. The number of nitrogens with zero attached hydrogens (tertiary/aromatic N) is 2. The normalized spacial score (nSPS) is 17.7. The third-order valence-electron chi connectivity index (χ3n) is 3.55. The summed E-state index contributed by atoms with van der Waals surface area (Å²) in [6, 6.07) is 4.62. The molecule has 0 unspecified atom stereocenters. The van der Waals surface area contributed by atoms with Crippen LogP contribution in [0.3, 0.4) is 0 Å². The van der Waals surface area contributed by atoms with Crippen LogP contribution in [0.25, 0.3) is 0 Å². The highest BCUT2D eigenvalue weighted by molar-refractivity contribution is 5.49. The molecular formula is C13H19N3O4. The zero-order valence-corrected chi connectivity index (χ0v) is 11.4. The lowest BCUT2D eigenvalue weighted by atomic mass is 10.0. The summed E-state index contributed by atoms with van der Waals surface area (Å²) in [5.74, 6) is 0.232. The molecule has 1 fully saturated rings. The van der Waals surface area contributed by atoms with E-state index in [0.29, 0.717) is 0 Å². The molecule has 1 aromatic rings. The van der Waals surface area contributed by atoms with Gasteiger partial charge in [-0.15, -0.1) is 0 Å². The van der Waals surface area contributed by atoms with Crippen molar-refractivity contribution in [1.29, 1.82) is 0 Å². The van der Waals surface area contributed by atoms with Crippen molar-refractivity contribution in [2.24, 2.45) is 0 Å². The molecule has 0 radical (unpaired) electrons. The molecule has 1 heterocycles. The number of ether oxygens (including phenoxy) is 1. The number of rotatable bonds is 5. The van der Waals surface area contributed by atoms with Crippen LogP contribution in [0.15, 0.2) is 18.2 Å². The maximum Gasteiger partial charge on any atom is 0.311 e. The lowest BCUT2D eigenvalue weighted by Gasteiger charge is -2.34. The molecular weight excluding hydrogens is 262 g/mol. The predicted molar refractivity (Wildman–Crippen MR) is 73.9 cm³/mol. The van der Waals surface area contributed by atoms with Gasteiger partial charge in [-0.25, -0.2) is 0 Å². The maximum atomic E-state index is 11.1. The minimum absolute atomic E-state index is 0.0660. The number of hydrogen-bond donors (Lipinski definition) is 2. The molecule has 1 aliphatic heterocycles. The van der Waals surface area contributed by atoms with E-state index in [2.05, 4.69) is 10.2 Å². The van der Waals surface area contributed by atoms with Gasteiger partial charge in [0.1, 0.15) is 0 Å². The third-order valence-corrected chi connectivity index (χ3v) is 3.55. The second kappa shape index (κ2) is 6.65. The molecule has 0 aliphatic carbocycles. The Balaban J connectivity index is 2.29. The Bertz CT molecular complexity index is 475. The van der Waals surface area contributed by atoms with E-state index in [0.717, 1.165) is 31.7 Å². The topological polar surface area (TPSA) is 87.9 Å². The number of methoxy groups -OCH3 is 1. The molecule has 0 spiro atoms. The summed E-state index contributed by atoms with van der Waals surface area (Å²) in [4.78, 5) is 12.7. The largest absolute Gasteiger partial charge is 0.490 e. The summed E-state index contributed by atoms with van der Waals surface area (Å²) in [7, 11) is 1.40. The lowest BCUT2D eigenvalue weighted by molar-refractivity contribution is -0.385. The summed E-state index contributed by atoms with van der Waals surface area (Å²) in [5.41, 5.74) is 0.667. The molecule has 7 nitrogen and oxygen atoms in total. The Morgan fingerprint density at radius 3 is 2.75 bits per heavy atom. The Morgan fingerprint density at radius 1 is 1.50 bits per heavy atom. The minimum Gasteiger partial charge on any atom is -0.490 e. The fourth-order valence-electron chi connectivity index (χ4n) is 2.48. The highest BCUT2D eigenvalue weighted by Crippen LogP contribution is 2.31. The van der Waals surface area contributed by atoms with Crippen LogP contribution in [0.5, 0.6) is 5.75 Å². The molecule has 1 saturated heterocycles. The second-order valence-electron chi connectivity index (χ2n) is 4.67. The Kier molecular flexibility index (Phi) is 4.89. The van der Waals surface area contributed by atoms with Crippen LogP contribution in [0.2, 0.25) is 0 Å². The standard InChI is InChI=1S/C13H19N3O4/c1-20-13-3-2-10(8-11(13)16(18)19)12(9-17)15-6-4-14-5-7-15/h2-3,8,12,14,17H,4-7,9H2,1H3/t12-/m0/s1. The van der Waals surface area contributed by atoms with Crippen molar-refractivity contribution in [2.75, 3.05) is 39.9 Å². The zero-order valence-electron chi connectivity index (χ0n) is 11.4. The number of piperazine rings is 1. The van der Waals surface area contributed by atoms with E-state index in [1.165, 1.54) is 13.2 Å². The highest BCUT2D eigenvalue weighted by atomic mass is 16.6. The number of aliphatic hydroxyl groups is 1. The molecule has 0 aromatic heterocycles. The zero-order chi connectivity index (χ0) is 14.5. The molecule has 2 rings (SSSR count). The van der Waals surface area contributed by atoms with Crippen molar-refractivity contribution >= 4 is 5.69 Å². The number of benzene rings is 1. The van der Waals surface area contributed by atoms with Gasteiger partial charge in [-0.3, -0.25) is 15.0 Å². The first kappa shape index (κ1) is 14.7. The minimum atomic E-state index is -0.464. The van der Waals surface area contributed by atoms with Crippen molar-refractivity contribution in [2.45, 2.75) is 6.04 Å². The van der Waals surface area contributed by atoms with E-state index < -0.39 is 4.92 Å². The van der Waals surface area contributed by atoms with Gasteiger partial charge < -0.3 is 15.2 Å². The maximum absolute atomic E-state index is 11.1. The van der Waals surface area contributed by atoms with Gasteiger partial charge in [0.05, 0.1) is 24.7 Å². The third kappa shape index (κ3) is 3.06. The van der Waals surface area contributed by atoms with E-state index in [1.807, 2.05) is 0 Å². The van der Waals surface area contributed by atoms with Crippen molar-refractivity contribution in [3.05, 3.63) is 33.9 Å². The Labute approximate surface area is 117 Å². The molecule has 1 aliphatic rings. The molecule has 20 heavy (non-hydrogen) atoms. The average molecular weight is 281 g/mol. The first-order valence-electron chi connectivity index (χ1n) is 6.55. The number of hydrogen-bond acceptors (Lipinski definition) is 6. The van der Waals surface area contributed by atoms with Crippen LogP contribution in [0, 0.1) is 10.1 Å². The highest BCUT2D eigenvalue weighted by Gasteiger charge is 2.24. The summed E-state index contributed by atoms with van der Waals surface area (Å²) in [6.07, 6.45) is 0. The number of nitro benzene ring substituents is 1. The van der Waals surface area contributed by atoms with E-state index in [1.54, 1.807) is 12.1 Å². The number of nitro groups is 1. The van der Waals surface area contributed by atoms with Crippen LogP contribution < -0.4 is 10.1 Å². The summed E-state index contributed by atoms with van der Waals surface area (Å²) < 4.78 is 4.99. The van der Waals surface area contributed by atoms with Crippen molar-refractivity contribution < 1.29 is 14.8 Å². The molecule has 1 atom stereocenters. The number of nitrogens with one attached hydrogen (secondary N) is 1. The SMILES string of the molecule is COc1ccc([C@H](CO)N2CCNCC2)cc1[N+](=O)[O-]. The van der Waals surface area contributed by atoms with Gasteiger partial charge in [-0.2, -0.15) is 0 Å². The molecule has 0 saturated carbocycles. The fourth-order valence-corrected chi connectivity index (χ4v) is 2.48. The molecule has 7 heteroatoms. The van der Waals surface area contributed by atoms with Gasteiger partial charge in [-0.1, -0.05) is 6.07 Å². The van der Waals surface area contributed by atoms with E-state index in [9.17, 15) is 15.2 Å². The Morgan fingerprint density at radius 2 is 2.20 bits per heavy atom. The molecule has 2 N–H and O–H groups in total. The van der Waals surface area contributed by atoms with Crippen molar-refractivity contribution in [3.8, 4) is 5.75 Å². The summed E-state index contributed by atoms with van der Waals surface area (Å²) in [6.45, 7) is 3.27. The molecule has 110 valence electrons. The van der Waals surface area contributed by atoms with Crippen LogP contribution in [0.4, 0.5) is 5.69 Å². The smallest absolute Gasteiger partial charge is 0.311 e. The van der Waals surface area contributed by atoms with E-state index >= 15 is 0 Å². The van der Waals surface area contributed by atoms with Crippen molar-refractivity contribution in [1.82, 2.24) is 10.2 Å². The van der Waals surface area contributed by atoms with Crippen LogP contribution in [-0.4, -0.2) is 54.8 Å². The van der Waals surface area contributed by atoms with E-state index in [-0.39, 0.29) is 24.1 Å². The molecule has 1 aromatic carbocycles. The van der Waals surface area contributed by atoms with Crippen LogP contribution in [0.1, 0.15) is 11.6 Å².